The Labute approximate surface area is 118 Å². The molecular weight excluding hydrogens is 258 g/mol. The van der Waals surface area contributed by atoms with E-state index in [1.54, 1.807) is 12.1 Å². The van der Waals surface area contributed by atoms with Gasteiger partial charge in [-0.25, -0.2) is 0 Å². The van der Waals surface area contributed by atoms with E-state index in [-0.39, 0.29) is 16.7 Å². The van der Waals surface area contributed by atoms with Crippen LogP contribution in [-0.4, -0.2) is 42.9 Å². The largest absolute Gasteiger partial charge is 0.351 e. The summed E-state index contributed by atoms with van der Waals surface area (Å²) in [5.41, 5.74) is -0.184. The van der Waals surface area contributed by atoms with Crippen molar-refractivity contribution in [2.24, 2.45) is 5.41 Å². The number of benzene rings is 1. The summed E-state index contributed by atoms with van der Waals surface area (Å²) in [6.45, 7) is 5.33. The molecular formula is C14H21N3O3. The zero-order chi connectivity index (χ0) is 15.3. The van der Waals surface area contributed by atoms with E-state index >= 15 is 0 Å². The Morgan fingerprint density at radius 1 is 1.35 bits per heavy atom. The predicted molar refractivity (Wildman–Crippen MR) is 77.8 cm³/mol. The van der Waals surface area contributed by atoms with E-state index in [4.69, 9.17) is 0 Å². The highest BCUT2D eigenvalue weighted by Crippen LogP contribution is 2.19. The van der Waals surface area contributed by atoms with Crippen LogP contribution in [-0.2, 0) is 0 Å². The second-order valence-electron chi connectivity index (χ2n) is 5.86. The van der Waals surface area contributed by atoms with Crippen LogP contribution in [0.5, 0.6) is 0 Å². The minimum atomic E-state index is -0.542. The molecule has 1 amide bonds. The second kappa shape index (κ2) is 6.47. The topological polar surface area (TPSA) is 75.5 Å². The number of para-hydroxylation sites is 1. The quantitative estimate of drug-likeness (QED) is 0.637. The molecule has 0 atom stereocenters. The molecule has 0 aromatic heterocycles. The van der Waals surface area contributed by atoms with Gasteiger partial charge in [0.15, 0.2) is 0 Å². The third kappa shape index (κ3) is 4.62. The van der Waals surface area contributed by atoms with Crippen LogP contribution < -0.4 is 5.32 Å². The summed E-state index contributed by atoms with van der Waals surface area (Å²) in [6, 6.07) is 5.96. The molecule has 1 aromatic carbocycles. The van der Waals surface area contributed by atoms with Crippen molar-refractivity contribution in [1.29, 1.82) is 0 Å². The lowest BCUT2D eigenvalue weighted by atomic mass is 9.93. The number of hydrogen-bond donors (Lipinski definition) is 1. The third-order valence-electron chi connectivity index (χ3n) is 2.82. The van der Waals surface area contributed by atoms with Crippen molar-refractivity contribution in [3.63, 3.8) is 0 Å². The molecule has 6 heteroatoms. The maximum atomic E-state index is 12.1. The van der Waals surface area contributed by atoms with Gasteiger partial charge in [-0.2, -0.15) is 0 Å². The Morgan fingerprint density at radius 2 is 1.95 bits per heavy atom. The summed E-state index contributed by atoms with van der Waals surface area (Å²) in [5, 5.41) is 13.7. The molecule has 0 aliphatic carbocycles. The molecule has 0 heterocycles. The fourth-order valence-electron chi connectivity index (χ4n) is 2.15. The molecule has 0 unspecified atom stereocenters. The van der Waals surface area contributed by atoms with Gasteiger partial charge in [-0.1, -0.05) is 26.0 Å². The highest BCUT2D eigenvalue weighted by atomic mass is 16.6. The van der Waals surface area contributed by atoms with Gasteiger partial charge in [0, 0.05) is 19.2 Å². The number of carbonyl (C=O) groups is 1. The summed E-state index contributed by atoms with van der Waals surface area (Å²) >= 11 is 0. The van der Waals surface area contributed by atoms with E-state index in [2.05, 4.69) is 5.32 Å². The Morgan fingerprint density at radius 3 is 2.50 bits per heavy atom. The van der Waals surface area contributed by atoms with E-state index in [1.807, 2.05) is 32.8 Å². The van der Waals surface area contributed by atoms with Crippen molar-refractivity contribution in [1.82, 2.24) is 10.2 Å². The minimum absolute atomic E-state index is 0.0955. The van der Waals surface area contributed by atoms with E-state index in [1.165, 1.54) is 12.1 Å². The standard InChI is InChI=1S/C14H21N3O3/c1-14(2,10-16(3)4)9-15-13(18)11-7-5-6-8-12(11)17(19)20/h5-8H,9-10H2,1-4H3,(H,15,18). The van der Waals surface area contributed by atoms with E-state index in [0.29, 0.717) is 6.54 Å². The van der Waals surface area contributed by atoms with Gasteiger partial charge in [-0.05, 0) is 25.6 Å². The molecule has 110 valence electrons. The zero-order valence-electron chi connectivity index (χ0n) is 12.3. The van der Waals surface area contributed by atoms with Gasteiger partial charge in [0.25, 0.3) is 11.6 Å². The number of nitro groups is 1. The second-order valence-corrected chi connectivity index (χ2v) is 5.86. The first-order valence-electron chi connectivity index (χ1n) is 6.39. The highest BCUT2D eigenvalue weighted by molar-refractivity contribution is 5.98. The lowest BCUT2D eigenvalue weighted by molar-refractivity contribution is -0.385. The van der Waals surface area contributed by atoms with Gasteiger partial charge in [-0.15, -0.1) is 0 Å². The number of nitro benzene ring substituents is 1. The average Bonchev–Trinajstić information content (AvgIpc) is 2.34. The molecule has 0 aliphatic heterocycles. The van der Waals surface area contributed by atoms with Crippen LogP contribution in [0.15, 0.2) is 24.3 Å². The zero-order valence-corrected chi connectivity index (χ0v) is 12.3. The first-order valence-corrected chi connectivity index (χ1v) is 6.39. The fourth-order valence-corrected chi connectivity index (χ4v) is 2.15. The van der Waals surface area contributed by atoms with Crippen LogP contribution >= 0.6 is 0 Å². The molecule has 1 aromatic rings. The van der Waals surface area contributed by atoms with Gasteiger partial charge >= 0.3 is 0 Å². The minimum Gasteiger partial charge on any atom is -0.351 e. The SMILES string of the molecule is CN(C)CC(C)(C)CNC(=O)c1ccccc1[N+](=O)[O-]. The molecule has 1 rings (SSSR count). The molecule has 0 radical (unpaired) electrons. The molecule has 0 bridgehead atoms. The first-order chi connectivity index (χ1) is 9.23. The number of nitrogens with one attached hydrogen (secondary N) is 1. The third-order valence-corrected chi connectivity index (χ3v) is 2.82. The Kier molecular flexibility index (Phi) is 5.21. The lowest BCUT2D eigenvalue weighted by Gasteiger charge is -2.28. The van der Waals surface area contributed by atoms with Gasteiger partial charge in [0.1, 0.15) is 5.56 Å². The molecule has 20 heavy (non-hydrogen) atoms. The van der Waals surface area contributed by atoms with Crippen LogP contribution in [0.25, 0.3) is 0 Å². The van der Waals surface area contributed by atoms with Crippen molar-refractivity contribution in [3.8, 4) is 0 Å². The Balaban J connectivity index is 2.75. The predicted octanol–water partition coefficient (Wildman–Crippen LogP) is 1.91. The smallest absolute Gasteiger partial charge is 0.282 e. The van der Waals surface area contributed by atoms with Crippen molar-refractivity contribution in [3.05, 3.63) is 39.9 Å². The maximum Gasteiger partial charge on any atom is 0.282 e. The molecule has 0 saturated heterocycles. The molecule has 0 aliphatic rings. The van der Waals surface area contributed by atoms with Crippen LogP contribution in [0.4, 0.5) is 5.69 Å². The van der Waals surface area contributed by atoms with Crippen molar-refractivity contribution < 1.29 is 9.72 Å². The van der Waals surface area contributed by atoms with Crippen LogP contribution in [0, 0.1) is 15.5 Å². The number of hydrogen-bond acceptors (Lipinski definition) is 4. The van der Waals surface area contributed by atoms with Crippen LogP contribution in [0.3, 0.4) is 0 Å². The summed E-state index contributed by atoms with van der Waals surface area (Å²) in [6.07, 6.45) is 0. The number of carbonyl (C=O) groups excluding carboxylic acids is 1. The monoisotopic (exact) mass is 279 g/mol. The van der Waals surface area contributed by atoms with Gasteiger partial charge < -0.3 is 10.2 Å². The van der Waals surface area contributed by atoms with Crippen LogP contribution in [0.1, 0.15) is 24.2 Å². The number of amides is 1. The number of rotatable bonds is 6. The average molecular weight is 279 g/mol. The molecule has 6 nitrogen and oxygen atoms in total. The summed E-state index contributed by atoms with van der Waals surface area (Å²) < 4.78 is 0. The summed E-state index contributed by atoms with van der Waals surface area (Å²) in [4.78, 5) is 24.5. The molecule has 0 saturated carbocycles. The summed E-state index contributed by atoms with van der Waals surface area (Å²) in [5.74, 6) is -0.413. The molecule has 0 spiro atoms. The first kappa shape index (κ1) is 16.1. The van der Waals surface area contributed by atoms with Crippen molar-refractivity contribution in [2.75, 3.05) is 27.2 Å². The Hall–Kier alpha value is -1.95. The fraction of sp³-hybridized carbons (Fsp3) is 0.500. The normalized spacial score (nSPS) is 11.4. The molecule has 1 N–H and O–H groups in total. The van der Waals surface area contributed by atoms with E-state index in [0.717, 1.165) is 6.54 Å². The van der Waals surface area contributed by atoms with Crippen LogP contribution in [0.2, 0.25) is 0 Å². The van der Waals surface area contributed by atoms with Crippen molar-refractivity contribution in [2.45, 2.75) is 13.8 Å². The summed E-state index contributed by atoms with van der Waals surface area (Å²) in [7, 11) is 3.93. The van der Waals surface area contributed by atoms with E-state index < -0.39 is 10.8 Å². The van der Waals surface area contributed by atoms with Gasteiger partial charge in [0.05, 0.1) is 4.92 Å². The lowest BCUT2D eigenvalue weighted by Crippen LogP contribution is -2.40. The number of nitrogens with zero attached hydrogens (tertiary/aromatic N) is 2. The van der Waals surface area contributed by atoms with Gasteiger partial charge in [0.2, 0.25) is 0 Å². The Bertz CT molecular complexity index is 498. The van der Waals surface area contributed by atoms with Crippen molar-refractivity contribution >= 4 is 11.6 Å². The maximum absolute atomic E-state index is 12.1. The van der Waals surface area contributed by atoms with E-state index in [9.17, 15) is 14.9 Å². The molecule has 0 fully saturated rings. The highest BCUT2D eigenvalue weighted by Gasteiger charge is 2.23. The van der Waals surface area contributed by atoms with Gasteiger partial charge in [-0.3, -0.25) is 14.9 Å².